The number of amides is 1. The maximum Gasteiger partial charge on any atom is 0.248 e. The molecule has 22 heavy (non-hydrogen) atoms. The highest BCUT2D eigenvalue weighted by atomic mass is 16.5. The zero-order chi connectivity index (χ0) is 15.8. The topological polar surface area (TPSA) is 38.3 Å². The van der Waals surface area contributed by atoms with Gasteiger partial charge < -0.3 is 10.1 Å². The number of ether oxygens (including phenoxy) is 1. The van der Waals surface area contributed by atoms with E-state index in [1.165, 1.54) is 18.4 Å². The molecule has 122 valence electrons. The minimum absolute atomic E-state index is 0.0123. The lowest BCUT2D eigenvalue weighted by atomic mass is 9.79. The van der Waals surface area contributed by atoms with E-state index in [1.807, 2.05) is 13.0 Å². The Morgan fingerprint density at radius 1 is 1.27 bits per heavy atom. The molecular formula is C19H29NO2. The molecule has 0 spiro atoms. The lowest BCUT2D eigenvalue weighted by Crippen LogP contribution is -2.43. The van der Waals surface area contributed by atoms with E-state index >= 15 is 0 Å². The number of hydrogen-bond acceptors (Lipinski definition) is 2. The van der Waals surface area contributed by atoms with Crippen LogP contribution >= 0.6 is 0 Å². The van der Waals surface area contributed by atoms with Gasteiger partial charge in [-0.3, -0.25) is 4.79 Å². The highest BCUT2D eigenvalue weighted by Gasteiger charge is 2.36. The molecule has 1 saturated carbocycles. The van der Waals surface area contributed by atoms with Gasteiger partial charge in [0.25, 0.3) is 0 Å². The Morgan fingerprint density at radius 3 is 2.59 bits per heavy atom. The zero-order valence-corrected chi connectivity index (χ0v) is 13.9. The molecule has 0 aromatic heterocycles. The molecule has 1 aromatic carbocycles. The molecule has 1 aliphatic rings. The fraction of sp³-hybridized carbons (Fsp3) is 0.632. The minimum atomic E-state index is -0.360. The Hall–Kier alpha value is -1.35. The van der Waals surface area contributed by atoms with Gasteiger partial charge in [-0.15, -0.1) is 0 Å². The maximum atomic E-state index is 12.2. The third-order valence-electron chi connectivity index (χ3n) is 4.78. The minimum Gasteiger partial charge on any atom is -0.369 e. The van der Waals surface area contributed by atoms with Crippen molar-refractivity contribution in [1.82, 2.24) is 5.32 Å². The van der Waals surface area contributed by atoms with E-state index in [0.29, 0.717) is 6.61 Å². The molecule has 1 aromatic rings. The fourth-order valence-electron chi connectivity index (χ4n) is 3.29. The molecule has 0 bridgehead atoms. The Labute approximate surface area is 134 Å². The number of unbranched alkanes of at least 4 members (excludes halogenated alkanes) is 1. The van der Waals surface area contributed by atoms with Crippen molar-refractivity contribution < 1.29 is 9.53 Å². The lowest BCUT2D eigenvalue weighted by Gasteiger charge is -2.30. The third kappa shape index (κ3) is 4.33. The van der Waals surface area contributed by atoms with E-state index in [9.17, 15) is 4.79 Å². The Morgan fingerprint density at radius 2 is 1.95 bits per heavy atom. The summed E-state index contributed by atoms with van der Waals surface area (Å²) in [6, 6.07) is 10.6. The van der Waals surface area contributed by atoms with Crippen LogP contribution in [0.2, 0.25) is 0 Å². The van der Waals surface area contributed by atoms with Gasteiger partial charge in [-0.05, 0) is 31.7 Å². The van der Waals surface area contributed by atoms with Gasteiger partial charge in [-0.25, -0.2) is 0 Å². The van der Waals surface area contributed by atoms with Crippen LogP contribution in [0.5, 0.6) is 0 Å². The quantitative estimate of drug-likeness (QED) is 0.741. The maximum absolute atomic E-state index is 12.2. The van der Waals surface area contributed by atoms with Gasteiger partial charge in [0.05, 0.1) is 0 Å². The van der Waals surface area contributed by atoms with Gasteiger partial charge >= 0.3 is 0 Å². The van der Waals surface area contributed by atoms with E-state index in [2.05, 4.69) is 36.5 Å². The predicted molar refractivity (Wildman–Crippen MR) is 89.9 cm³/mol. The van der Waals surface area contributed by atoms with Crippen LogP contribution in [0.25, 0.3) is 0 Å². The second kappa shape index (κ2) is 8.33. The summed E-state index contributed by atoms with van der Waals surface area (Å²) in [5, 5.41) is 3.13. The van der Waals surface area contributed by atoms with Crippen LogP contribution in [0, 0.1) is 0 Å². The van der Waals surface area contributed by atoms with Gasteiger partial charge in [0.2, 0.25) is 5.91 Å². The Kier molecular flexibility index (Phi) is 6.44. The first-order chi connectivity index (χ1) is 10.7. The first-order valence-corrected chi connectivity index (χ1v) is 8.63. The summed E-state index contributed by atoms with van der Waals surface area (Å²) >= 11 is 0. The van der Waals surface area contributed by atoms with E-state index < -0.39 is 0 Å². The first-order valence-electron chi connectivity index (χ1n) is 8.63. The molecule has 2 rings (SSSR count). The summed E-state index contributed by atoms with van der Waals surface area (Å²) in [4.78, 5) is 12.2. The van der Waals surface area contributed by atoms with Crippen LogP contribution in [0.15, 0.2) is 30.3 Å². The molecule has 0 heterocycles. The number of hydrogen-bond donors (Lipinski definition) is 1. The molecule has 0 radical (unpaired) electrons. The summed E-state index contributed by atoms with van der Waals surface area (Å²) in [5.74, 6) is 0.0123. The van der Waals surface area contributed by atoms with Gasteiger partial charge in [0, 0.05) is 18.6 Å². The largest absolute Gasteiger partial charge is 0.369 e. The van der Waals surface area contributed by atoms with Crippen molar-refractivity contribution in [3.63, 3.8) is 0 Å². The van der Waals surface area contributed by atoms with E-state index in [1.54, 1.807) is 0 Å². The molecule has 1 N–H and O–H groups in total. The molecule has 3 heteroatoms. The van der Waals surface area contributed by atoms with E-state index in [0.717, 1.165) is 32.2 Å². The molecule has 1 unspecified atom stereocenters. The normalized spacial score (nSPS) is 18.1. The van der Waals surface area contributed by atoms with Crippen LogP contribution in [-0.2, 0) is 14.9 Å². The number of rotatable bonds is 8. The Bertz CT molecular complexity index is 452. The average molecular weight is 303 g/mol. The van der Waals surface area contributed by atoms with E-state index in [-0.39, 0.29) is 17.4 Å². The number of carbonyl (C=O) groups excluding carboxylic acids is 1. The van der Waals surface area contributed by atoms with Crippen LogP contribution in [0.3, 0.4) is 0 Å². The summed E-state index contributed by atoms with van der Waals surface area (Å²) in [6.45, 7) is 5.35. The summed E-state index contributed by atoms with van der Waals surface area (Å²) in [7, 11) is 0. The lowest BCUT2D eigenvalue weighted by molar-refractivity contribution is -0.132. The highest BCUT2D eigenvalue weighted by molar-refractivity contribution is 5.80. The van der Waals surface area contributed by atoms with Crippen molar-refractivity contribution >= 4 is 5.91 Å². The molecule has 0 saturated heterocycles. The second-order valence-corrected chi connectivity index (χ2v) is 6.44. The SMILES string of the molecule is CCCCOC(C)C(=O)NCC1(c2ccccc2)CCCC1. The van der Waals surface area contributed by atoms with Gasteiger partial charge in [0.15, 0.2) is 0 Å². The van der Waals surface area contributed by atoms with Crippen LogP contribution in [0.1, 0.15) is 57.9 Å². The molecule has 0 aliphatic heterocycles. The van der Waals surface area contributed by atoms with Crippen molar-refractivity contribution in [3.8, 4) is 0 Å². The molecule has 3 nitrogen and oxygen atoms in total. The van der Waals surface area contributed by atoms with E-state index in [4.69, 9.17) is 4.74 Å². The zero-order valence-electron chi connectivity index (χ0n) is 13.9. The molecular weight excluding hydrogens is 274 g/mol. The van der Waals surface area contributed by atoms with Crippen LogP contribution < -0.4 is 5.32 Å². The van der Waals surface area contributed by atoms with Crippen molar-refractivity contribution in [1.29, 1.82) is 0 Å². The molecule has 1 amide bonds. The average Bonchev–Trinajstić information content (AvgIpc) is 3.04. The monoisotopic (exact) mass is 303 g/mol. The summed E-state index contributed by atoms with van der Waals surface area (Å²) in [5.41, 5.74) is 1.47. The van der Waals surface area contributed by atoms with Gasteiger partial charge in [0.1, 0.15) is 6.10 Å². The predicted octanol–water partition coefficient (Wildman–Crippen LogP) is 3.82. The first kappa shape index (κ1) is 17.0. The third-order valence-corrected chi connectivity index (χ3v) is 4.78. The van der Waals surface area contributed by atoms with Crippen molar-refractivity contribution in [3.05, 3.63) is 35.9 Å². The van der Waals surface area contributed by atoms with Crippen LogP contribution in [0.4, 0.5) is 0 Å². The number of nitrogens with one attached hydrogen (secondary N) is 1. The van der Waals surface area contributed by atoms with Gasteiger partial charge in [-0.1, -0.05) is 56.5 Å². The number of benzene rings is 1. The van der Waals surface area contributed by atoms with Crippen molar-refractivity contribution in [2.75, 3.05) is 13.2 Å². The van der Waals surface area contributed by atoms with Crippen molar-refractivity contribution in [2.24, 2.45) is 0 Å². The van der Waals surface area contributed by atoms with Crippen LogP contribution in [-0.4, -0.2) is 25.2 Å². The smallest absolute Gasteiger partial charge is 0.248 e. The standard InChI is InChI=1S/C19H29NO2/c1-3-4-14-22-16(2)18(21)20-15-19(12-8-9-13-19)17-10-6-5-7-11-17/h5-7,10-11,16H,3-4,8-9,12-15H2,1-2H3,(H,20,21). The molecule has 1 fully saturated rings. The number of carbonyl (C=O) groups is 1. The second-order valence-electron chi connectivity index (χ2n) is 6.44. The fourth-order valence-corrected chi connectivity index (χ4v) is 3.29. The van der Waals surface area contributed by atoms with Gasteiger partial charge in [-0.2, -0.15) is 0 Å². The molecule has 1 aliphatic carbocycles. The van der Waals surface area contributed by atoms with Crippen molar-refractivity contribution in [2.45, 2.75) is 63.9 Å². The summed E-state index contributed by atoms with van der Waals surface area (Å²) in [6.07, 6.45) is 6.53. The molecule has 1 atom stereocenters. The Balaban J connectivity index is 1.91. The highest BCUT2D eigenvalue weighted by Crippen LogP contribution is 2.40. The summed E-state index contributed by atoms with van der Waals surface area (Å²) < 4.78 is 5.59.